The molecule has 0 bridgehead atoms. The molecule has 28 heavy (non-hydrogen) atoms. The summed E-state index contributed by atoms with van der Waals surface area (Å²) in [7, 11) is 1.67. The Kier molecular flexibility index (Phi) is 11.3. The molecule has 0 aromatic heterocycles. The molecule has 158 valence electrons. The van der Waals surface area contributed by atoms with Gasteiger partial charge in [0.2, 0.25) is 5.91 Å². The summed E-state index contributed by atoms with van der Waals surface area (Å²) in [6.07, 6.45) is 0. The van der Waals surface area contributed by atoms with Gasteiger partial charge >= 0.3 is 0 Å². The zero-order valence-electron chi connectivity index (χ0n) is 16.7. The summed E-state index contributed by atoms with van der Waals surface area (Å²) in [5, 5.41) is 9.02. The van der Waals surface area contributed by atoms with Crippen LogP contribution >= 0.6 is 24.0 Å². The van der Waals surface area contributed by atoms with Crippen LogP contribution in [0.5, 0.6) is 0 Å². The number of ether oxygens (including phenoxy) is 1. The van der Waals surface area contributed by atoms with Crippen molar-refractivity contribution >= 4 is 41.5 Å². The second kappa shape index (κ2) is 12.9. The average molecular weight is 507 g/mol. The molecular weight excluding hydrogens is 476 g/mol. The number of hydrogen-bond acceptors (Lipinski definition) is 4. The highest BCUT2D eigenvalue weighted by molar-refractivity contribution is 14.0. The third kappa shape index (κ3) is 8.27. The molecule has 0 spiro atoms. The molecule has 1 aromatic rings. The van der Waals surface area contributed by atoms with Gasteiger partial charge in [-0.15, -0.1) is 24.0 Å². The molecule has 1 unspecified atom stereocenters. The molecule has 1 aromatic carbocycles. The van der Waals surface area contributed by atoms with Crippen LogP contribution in [-0.2, 0) is 9.53 Å². The van der Waals surface area contributed by atoms with Crippen molar-refractivity contribution in [2.24, 2.45) is 10.9 Å². The van der Waals surface area contributed by atoms with Crippen LogP contribution in [-0.4, -0.2) is 69.2 Å². The topological polar surface area (TPSA) is 78.0 Å². The second-order valence-electron chi connectivity index (χ2n) is 6.82. The lowest BCUT2D eigenvalue weighted by Gasteiger charge is -2.37. The smallest absolute Gasteiger partial charge is 0.243 e. The van der Waals surface area contributed by atoms with Crippen molar-refractivity contribution in [3.63, 3.8) is 0 Å². The third-order valence-electron chi connectivity index (χ3n) is 4.53. The highest BCUT2D eigenvalue weighted by Gasteiger charge is 2.23. The summed E-state index contributed by atoms with van der Waals surface area (Å²) in [5.74, 6) is 0.493. The zero-order valence-corrected chi connectivity index (χ0v) is 19.0. The van der Waals surface area contributed by atoms with Gasteiger partial charge in [-0.2, -0.15) is 0 Å². The van der Waals surface area contributed by atoms with Gasteiger partial charge in [-0.3, -0.25) is 14.7 Å². The molecule has 3 N–H and O–H groups in total. The van der Waals surface area contributed by atoms with Crippen molar-refractivity contribution in [1.29, 1.82) is 0 Å². The molecule has 1 fully saturated rings. The molecule has 0 saturated carbocycles. The van der Waals surface area contributed by atoms with Crippen LogP contribution in [0.25, 0.3) is 0 Å². The Hall–Kier alpha value is -1.46. The van der Waals surface area contributed by atoms with E-state index in [4.69, 9.17) is 4.74 Å². The Morgan fingerprint density at radius 3 is 2.43 bits per heavy atom. The molecular formula is C19H31FIN5O2. The van der Waals surface area contributed by atoms with Crippen molar-refractivity contribution in [2.75, 3.05) is 51.8 Å². The van der Waals surface area contributed by atoms with E-state index in [0.717, 1.165) is 32.8 Å². The van der Waals surface area contributed by atoms with Crippen LogP contribution in [0.1, 0.15) is 13.8 Å². The van der Waals surface area contributed by atoms with Crippen LogP contribution < -0.4 is 16.0 Å². The molecule has 7 nitrogen and oxygen atoms in total. The molecule has 1 aliphatic rings. The number of hydrogen-bond donors (Lipinski definition) is 3. The molecule has 1 amide bonds. The zero-order chi connectivity index (χ0) is 19.6. The lowest BCUT2D eigenvalue weighted by molar-refractivity contribution is -0.115. The quantitative estimate of drug-likeness (QED) is 0.299. The van der Waals surface area contributed by atoms with Crippen LogP contribution in [0.2, 0.25) is 0 Å². The Morgan fingerprint density at radius 1 is 1.21 bits per heavy atom. The number of carbonyl (C=O) groups excluding carboxylic acids is 1. The Labute approximate surface area is 183 Å². The number of rotatable bonds is 7. The molecule has 2 rings (SSSR count). The maximum atomic E-state index is 12.9. The number of aliphatic imine (C=N–C) groups is 1. The number of carbonyl (C=O) groups is 1. The fourth-order valence-electron chi connectivity index (χ4n) is 3.02. The van der Waals surface area contributed by atoms with Crippen molar-refractivity contribution < 1.29 is 13.9 Å². The van der Waals surface area contributed by atoms with Gasteiger partial charge in [0.25, 0.3) is 0 Å². The van der Waals surface area contributed by atoms with Gasteiger partial charge in [0.05, 0.1) is 19.8 Å². The summed E-state index contributed by atoms with van der Waals surface area (Å²) in [5.41, 5.74) is 0.554. The minimum Gasteiger partial charge on any atom is -0.379 e. The van der Waals surface area contributed by atoms with Gasteiger partial charge in [-0.1, -0.05) is 13.8 Å². The molecule has 9 heteroatoms. The Morgan fingerprint density at radius 2 is 1.86 bits per heavy atom. The predicted octanol–water partition coefficient (Wildman–Crippen LogP) is 1.90. The van der Waals surface area contributed by atoms with E-state index in [1.54, 1.807) is 7.05 Å². The molecule has 1 heterocycles. The van der Waals surface area contributed by atoms with E-state index >= 15 is 0 Å². The first-order valence-electron chi connectivity index (χ1n) is 9.31. The summed E-state index contributed by atoms with van der Waals surface area (Å²) in [4.78, 5) is 18.6. The largest absolute Gasteiger partial charge is 0.379 e. The number of amides is 1. The highest BCUT2D eigenvalue weighted by atomic mass is 127. The Bertz CT molecular complexity index is 621. The summed E-state index contributed by atoms with van der Waals surface area (Å²) in [6.45, 7) is 8.59. The number of nitrogens with one attached hydrogen (secondary N) is 3. The summed E-state index contributed by atoms with van der Waals surface area (Å²) < 4.78 is 18.3. The molecule has 0 aliphatic carbocycles. The predicted molar refractivity (Wildman–Crippen MR) is 121 cm³/mol. The van der Waals surface area contributed by atoms with Crippen molar-refractivity contribution in [2.45, 2.75) is 19.9 Å². The van der Waals surface area contributed by atoms with Crippen molar-refractivity contribution in [1.82, 2.24) is 15.5 Å². The second-order valence-corrected chi connectivity index (χ2v) is 6.82. The van der Waals surface area contributed by atoms with Crippen molar-refractivity contribution in [3.05, 3.63) is 30.1 Å². The number of guanidine groups is 1. The van der Waals surface area contributed by atoms with Crippen LogP contribution in [0.3, 0.4) is 0 Å². The van der Waals surface area contributed by atoms with E-state index in [2.05, 4.69) is 39.7 Å². The first kappa shape index (κ1) is 24.6. The van der Waals surface area contributed by atoms with E-state index in [9.17, 15) is 9.18 Å². The number of halogens is 2. The molecule has 1 aliphatic heterocycles. The Balaban J connectivity index is 0.00000392. The highest BCUT2D eigenvalue weighted by Crippen LogP contribution is 2.12. The monoisotopic (exact) mass is 507 g/mol. The van der Waals surface area contributed by atoms with Crippen molar-refractivity contribution in [3.8, 4) is 0 Å². The SMILES string of the molecule is CN=C(NCC(=O)Nc1ccc(F)cc1)NCC(C(C)C)N1CCOCC1.I. The van der Waals surface area contributed by atoms with E-state index in [0.29, 0.717) is 23.6 Å². The van der Waals surface area contributed by atoms with Gasteiger partial charge in [0.15, 0.2) is 5.96 Å². The van der Waals surface area contributed by atoms with Gasteiger partial charge < -0.3 is 20.7 Å². The van der Waals surface area contributed by atoms with E-state index < -0.39 is 0 Å². The van der Waals surface area contributed by atoms with Crippen LogP contribution in [0, 0.1) is 11.7 Å². The number of morpholine rings is 1. The number of benzene rings is 1. The van der Waals surface area contributed by atoms with Gasteiger partial charge in [0.1, 0.15) is 5.82 Å². The average Bonchev–Trinajstić information content (AvgIpc) is 2.67. The first-order chi connectivity index (χ1) is 13.0. The van der Waals surface area contributed by atoms with Gasteiger partial charge in [-0.25, -0.2) is 4.39 Å². The standard InChI is InChI=1S/C19H30FN5O2.HI/c1-14(2)17(25-8-10-27-11-9-25)12-22-19(21-3)23-13-18(26)24-16-6-4-15(20)5-7-16;/h4-7,14,17H,8-13H2,1-3H3,(H,24,26)(H2,21,22,23);1H. The summed E-state index contributed by atoms with van der Waals surface area (Å²) >= 11 is 0. The number of nitrogens with zero attached hydrogens (tertiary/aromatic N) is 2. The molecule has 1 saturated heterocycles. The van der Waals surface area contributed by atoms with Gasteiger partial charge in [0, 0.05) is 38.4 Å². The van der Waals surface area contributed by atoms with Gasteiger partial charge in [-0.05, 0) is 30.2 Å². The molecule has 1 atom stereocenters. The van der Waals surface area contributed by atoms with E-state index in [1.807, 2.05) is 0 Å². The van der Waals surface area contributed by atoms with E-state index in [-0.39, 0.29) is 42.2 Å². The number of anilines is 1. The third-order valence-corrected chi connectivity index (χ3v) is 4.53. The van der Waals surface area contributed by atoms with Crippen LogP contribution in [0.15, 0.2) is 29.3 Å². The minimum atomic E-state index is -0.337. The van der Waals surface area contributed by atoms with E-state index in [1.165, 1.54) is 24.3 Å². The van der Waals surface area contributed by atoms with Crippen LogP contribution in [0.4, 0.5) is 10.1 Å². The minimum absolute atomic E-state index is 0. The summed E-state index contributed by atoms with van der Waals surface area (Å²) in [6, 6.07) is 6.02. The maximum Gasteiger partial charge on any atom is 0.243 e. The molecule has 0 radical (unpaired) electrons. The maximum absolute atomic E-state index is 12.9. The lowest BCUT2D eigenvalue weighted by atomic mass is 10.0. The first-order valence-corrected chi connectivity index (χ1v) is 9.31. The normalized spacial score (nSPS) is 16.2. The fraction of sp³-hybridized carbons (Fsp3) is 0.579. The fourth-order valence-corrected chi connectivity index (χ4v) is 3.02. The lowest BCUT2D eigenvalue weighted by Crippen LogP contribution is -2.53.